The molecule has 7 heteroatoms. The van der Waals surface area contributed by atoms with Crippen LogP contribution in [-0.4, -0.2) is 67.9 Å². The smallest absolute Gasteiger partial charge is 0.246 e. The van der Waals surface area contributed by atoms with Crippen molar-refractivity contribution in [3.63, 3.8) is 0 Å². The normalized spacial score (nSPS) is 26.4. The van der Waals surface area contributed by atoms with Crippen LogP contribution in [-0.2, 0) is 10.0 Å². The van der Waals surface area contributed by atoms with Crippen LogP contribution in [0.5, 0.6) is 0 Å². The van der Waals surface area contributed by atoms with Crippen LogP contribution in [0.15, 0.2) is 23.2 Å². The van der Waals surface area contributed by atoms with E-state index >= 15 is 0 Å². The van der Waals surface area contributed by atoms with Gasteiger partial charge in [0.2, 0.25) is 10.0 Å². The Morgan fingerprint density at radius 3 is 2.60 bits per heavy atom. The van der Waals surface area contributed by atoms with E-state index < -0.39 is 10.0 Å². The summed E-state index contributed by atoms with van der Waals surface area (Å²) in [6, 6.07) is 4.02. The predicted octanol–water partition coefficient (Wildman–Crippen LogP) is 1.93. The summed E-state index contributed by atoms with van der Waals surface area (Å²) >= 11 is 0. The Hall–Kier alpha value is -1.18. The third-order valence-electron chi connectivity index (χ3n) is 5.82. The maximum absolute atomic E-state index is 13.2. The molecule has 0 aliphatic carbocycles. The molecule has 0 amide bonds. The van der Waals surface area contributed by atoms with Gasteiger partial charge in [-0.2, -0.15) is 4.31 Å². The SMILES string of the molecule is O=S(=O)(c1cccnc1N1CCN2CCCCC2C1)N1CCCCC1. The molecule has 3 aliphatic rings. The molecule has 0 saturated carbocycles. The van der Waals surface area contributed by atoms with Gasteiger partial charge in [0.05, 0.1) is 0 Å². The lowest BCUT2D eigenvalue weighted by atomic mass is 9.99. The van der Waals surface area contributed by atoms with Gasteiger partial charge in [0.15, 0.2) is 0 Å². The summed E-state index contributed by atoms with van der Waals surface area (Å²) in [6.07, 6.45) is 8.51. The van der Waals surface area contributed by atoms with E-state index in [9.17, 15) is 8.42 Å². The molecule has 3 saturated heterocycles. The molecule has 4 rings (SSSR count). The maximum atomic E-state index is 13.2. The molecule has 3 aliphatic heterocycles. The van der Waals surface area contributed by atoms with Gasteiger partial charge < -0.3 is 4.90 Å². The second-order valence-electron chi connectivity index (χ2n) is 7.42. The number of nitrogens with zero attached hydrogens (tertiary/aromatic N) is 4. The van der Waals surface area contributed by atoms with Crippen molar-refractivity contribution >= 4 is 15.8 Å². The molecule has 0 radical (unpaired) electrons. The van der Waals surface area contributed by atoms with Gasteiger partial charge in [0.25, 0.3) is 0 Å². The van der Waals surface area contributed by atoms with Gasteiger partial charge in [-0.15, -0.1) is 0 Å². The third-order valence-corrected chi connectivity index (χ3v) is 7.74. The lowest BCUT2D eigenvalue weighted by molar-refractivity contribution is 0.133. The van der Waals surface area contributed by atoms with Crippen LogP contribution in [0, 0.1) is 0 Å². The molecular formula is C18H28N4O2S. The molecule has 25 heavy (non-hydrogen) atoms. The van der Waals surface area contributed by atoms with Crippen LogP contribution in [0.4, 0.5) is 5.82 Å². The molecule has 138 valence electrons. The molecule has 1 aromatic rings. The fourth-order valence-electron chi connectivity index (χ4n) is 4.41. The number of piperidine rings is 2. The molecular weight excluding hydrogens is 336 g/mol. The van der Waals surface area contributed by atoms with Crippen LogP contribution in [0.2, 0.25) is 0 Å². The summed E-state index contributed by atoms with van der Waals surface area (Å²) in [7, 11) is -3.46. The summed E-state index contributed by atoms with van der Waals surface area (Å²) in [5.41, 5.74) is 0. The van der Waals surface area contributed by atoms with Crippen molar-refractivity contribution in [3.05, 3.63) is 18.3 Å². The van der Waals surface area contributed by atoms with Crippen LogP contribution in [0.25, 0.3) is 0 Å². The fraction of sp³-hybridized carbons (Fsp3) is 0.722. The van der Waals surface area contributed by atoms with Gasteiger partial charge in [-0.1, -0.05) is 12.8 Å². The molecule has 0 aromatic carbocycles. The van der Waals surface area contributed by atoms with Crippen molar-refractivity contribution in [2.75, 3.05) is 44.2 Å². The molecule has 0 N–H and O–H groups in total. The van der Waals surface area contributed by atoms with Crippen LogP contribution in [0.1, 0.15) is 38.5 Å². The zero-order valence-corrected chi connectivity index (χ0v) is 15.6. The van der Waals surface area contributed by atoms with Crippen molar-refractivity contribution in [3.8, 4) is 0 Å². The highest BCUT2D eigenvalue weighted by Crippen LogP contribution is 2.30. The van der Waals surface area contributed by atoms with Crippen LogP contribution in [0.3, 0.4) is 0 Å². The van der Waals surface area contributed by atoms with Gasteiger partial charge in [-0.25, -0.2) is 13.4 Å². The first-order valence-corrected chi connectivity index (χ1v) is 11.0. The number of piperazine rings is 1. The molecule has 0 spiro atoms. The summed E-state index contributed by atoms with van der Waals surface area (Å²) < 4.78 is 28.0. The standard InChI is InChI=1S/C18H28N4O2S/c23-25(24,22-11-3-1-4-12-22)17-8-6-9-19-18(17)21-14-13-20-10-5-2-7-16(20)15-21/h6,8-9,16H,1-5,7,10-15H2. The average Bonchev–Trinajstić information content (AvgIpc) is 2.68. The molecule has 1 atom stereocenters. The second kappa shape index (κ2) is 7.21. The number of fused-ring (bicyclic) bond motifs is 1. The summed E-state index contributed by atoms with van der Waals surface area (Å²) in [5.74, 6) is 0.651. The fourth-order valence-corrected chi connectivity index (χ4v) is 6.09. The highest BCUT2D eigenvalue weighted by Gasteiger charge is 2.34. The van der Waals surface area contributed by atoms with E-state index in [4.69, 9.17) is 0 Å². The zero-order valence-electron chi connectivity index (χ0n) is 14.8. The summed E-state index contributed by atoms with van der Waals surface area (Å²) in [5, 5.41) is 0. The van der Waals surface area contributed by atoms with Crippen molar-refractivity contribution in [2.24, 2.45) is 0 Å². The number of hydrogen-bond acceptors (Lipinski definition) is 5. The Morgan fingerprint density at radius 2 is 1.76 bits per heavy atom. The number of anilines is 1. The van der Waals surface area contributed by atoms with Gasteiger partial charge in [0.1, 0.15) is 10.7 Å². The van der Waals surface area contributed by atoms with Gasteiger partial charge in [0, 0.05) is 45.0 Å². The first-order chi connectivity index (χ1) is 12.2. The zero-order chi connectivity index (χ0) is 17.3. The minimum atomic E-state index is -3.46. The van der Waals surface area contributed by atoms with E-state index in [1.54, 1.807) is 22.6 Å². The second-order valence-corrected chi connectivity index (χ2v) is 9.33. The predicted molar refractivity (Wildman–Crippen MR) is 98.3 cm³/mol. The van der Waals surface area contributed by atoms with Crippen molar-refractivity contribution in [2.45, 2.75) is 49.5 Å². The molecule has 1 aromatic heterocycles. The third kappa shape index (κ3) is 3.41. The maximum Gasteiger partial charge on any atom is 0.246 e. The van der Waals surface area contributed by atoms with E-state index in [2.05, 4.69) is 14.8 Å². The van der Waals surface area contributed by atoms with E-state index in [0.717, 1.165) is 38.9 Å². The van der Waals surface area contributed by atoms with E-state index in [0.29, 0.717) is 29.8 Å². The largest absolute Gasteiger partial charge is 0.353 e. The first kappa shape index (κ1) is 17.2. The van der Waals surface area contributed by atoms with E-state index in [1.165, 1.54) is 25.8 Å². The van der Waals surface area contributed by atoms with Crippen LogP contribution < -0.4 is 4.90 Å². The quantitative estimate of drug-likeness (QED) is 0.820. The van der Waals surface area contributed by atoms with Crippen LogP contribution >= 0.6 is 0 Å². The number of aromatic nitrogens is 1. The Morgan fingerprint density at radius 1 is 0.960 bits per heavy atom. The lowest BCUT2D eigenvalue weighted by Crippen LogP contribution is -2.55. The number of sulfonamides is 1. The molecule has 4 heterocycles. The van der Waals surface area contributed by atoms with E-state index in [-0.39, 0.29) is 0 Å². The van der Waals surface area contributed by atoms with E-state index in [1.807, 2.05) is 0 Å². The van der Waals surface area contributed by atoms with Crippen molar-refractivity contribution in [1.82, 2.24) is 14.2 Å². The Bertz CT molecular complexity index is 703. The average molecular weight is 365 g/mol. The summed E-state index contributed by atoms with van der Waals surface area (Å²) in [6.45, 7) is 5.19. The minimum absolute atomic E-state index is 0.390. The topological polar surface area (TPSA) is 56.8 Å². The molecule has 6 nitrogen and oxygen atoms in total. The molecule has 3 fully saturated rings. The first-order valence-electron chi connectivity index (χ1n) is 9.60. The highest BCUT2D eigenvalue weighted by molar-refractivity contribution is 7.89. The number of rotatable bonds is 3. The van der Waals surface area contributed by atoms with Crippen molar-refractivity contribution < 1.29 is 8.42 Å². The van der Waals surface area contributed by atoms with Gasteiger partial charge >= 0.3 is 0 Å². The molecule has 1 unspecified atom stereocenters. The van der Waals surface area contributed by atoms with Gasteiger partial charge in [-0.3, -0.25) is 4.90 Å². The Labute approximate surface area is 150 Å². The number of hydrogen-bond donors (Lipinski definition) is 0. The lowest BCUT2D eigenvalue weighted by Gasteiger charge is -2.44. The van der Waals surface area contributed by atoms with Crippen molar-refractivity contribution in [1.29, 1.82) is 0 Å². The Kier molecular flexibility index (Phi) is 4.97. The number of pyridine rings is 1. The summed E-state index contributed by atoms with van der Waals surface area (Å²) in [4.78, 5) is 9.65. The highest BCUT2D eigenvalue weighted by atomic mass is 32.2. The monoisotopic (exact) mass is 364 g/mol. The minimum Gasteiger partial charge on any atom is -0.353 e. The van der Waals surface area contributed by atoms with Gasteiger partial charge in [-0.05, 0) is 44.4 Å². The molecule has 0 bridgehead atoms. The Balaban J connectivity index is 1.60.